The summed E-state index contributed by atoms with van der Waals surface area (Å²) in [6.07, 6.45) is 10.6. The third-order valence-electron chi connectivity index (χ3n) is 10.1. The third kappa shape index (κ3) is 6.70. The number of thiazole rings is 1. The number of anilines is 3. The number of carbonyl (C=O) groups is 2. The first-order chi connectivity index (χ1) is 21.8. The molecule has 3 aromatic rings. The Morgan fingerprint density at radius 3 is 2.42 bits per heavy atom. The van der Waals surface area contributed by atoms with E-state index >= 15 is 0 Å². The molecule has 2 unspecified atom stereocenters. The van der Waals surface area contributed by atoms with Crippen LogP contribution in [0.1, 0.15) is 61.7 Å². The predicted octanol–water partition coefficient (Wildman–Crippen LogP) is 7.22. The Morgan fingerprint density at radius 2 is 1.71 bits per heavy atom. The van der Waals surface area contributed by atoms with Gasteiger partial charge in [-0.3, -0.25) is 14.9 Å². The number of carbonyl (C=O) groups excluding carboxylic acids is 1. The number of carboxylic acid groups (broad SMARTS) is 1. The smallest absolute Gasteiger partial charge is 0.306 e. The van der Waals surface area contributed by atoms with Gasteiger partial charge in [0.1, 0.15) is 16.5 Å². The van der Waals surface area contributed by atoms with Gasteiger partial charge in [0.05, 0.1) is 26.4 Å². The zero-order valence-electron chi connectivity index (χ0n) is 25.1. The Morgan fingerprint density at radius 1 is 0.933 bits per heavy atom. The number of hydrogen-bond donors (Lipinski definition) is 2. The lowest BCUT2D eigenvalue weighted by atomic mass is 9.85. The number of halogens is 2. The quantitative estimate of drug-likeness (QED) is 0.268. The van der Waals surface area contributed by atoms with Crippen LogP contribution >= 0.6 is 45.9 Å². The van der Waals surface area contributed by atoms with E-state index in [1.54, 1.807) is 17.4 Å². The van der Waals surface area contributed by atoms with E-state index < -0.39 is 5.97 Å². The second-order valence-corrected chi connectivity index (χ2v) is 15.6. The molecule has 0 bridgehead atoms. The first-order valence-electron chi connectivity index (χ1n) is 16.0. The molecule has 0 spiro atoms. The van der Waals surface area contributed by atoms with Gasteiger partial charge in [0, 0.05) is 50.3 Å². The summed E-state index contributed by atoms with van der Waals surface area (Å²) in [5, 5.41) is 16.9. The van der Waals surface area contributed by atoms with Crippen molar-refractivity contribution in [1.29, 1.82) is 0 Å². The standard InChI is InChI=1S/C32H38Cl2N6O3S2/c33-23-13-26(44-18-23)27-30(40-15-20-8-11-39(16-22(20)17-40)24-4-2-1-3-5-24)45-32(36-27)37-29(41)21-12-25(34)28(35-14-21)38-9-6-19(7-10-38)31(42)43/h12-14,18-20,22,24H,1-11,15-17H2,(H,42,43)(H,36,37,41). The summed E-state index contributed by atoms with van der Waals surface area (Å²) in [4.78, 5) is 42.3. The van der Waals surface area contributed by atoms with Crippen molar-refractivity contribution in [3.05, 3.63) is 39.3 Å². The summed E-state index contributed by atoms with van der Waals surface area (Å²) >= 11 is 16.0. The summed E-state index contributed by atoms with van der Waals surface area (Å²) in [5.74, 6) is 0.455. The summed E-state index contributed by atoms with van der Waals surface area (Å²) in [7, 11) is 0. The van der Waals surface area contributed by atoms with Gasteiger partial charge in [-0.05, 0) is 62.6 Å². The van der Waals surface area contributed by atoms with Gasteiger partial charge in [-0.15, -0.1) is 11.3 Å². The molecule has 1 aliphatic carbocycles. The van der Waals surface area contributed by atoms with Crippen molar-refractivity contribution < 1.29 is 14.7 Å². The number of aliphatic carboxylic acids is 1. The Balaban J connectivity index is 1.06. The highest BCUT2D eigenvalue weighted by Gasteiger charge is 2.40. The van der Waals surface area contributed by atoms with Crippen molar-refractivity contribution in [2.75, 3.05) is 54.4 Å². The zero-order chi connectivity index (χ0) is 31.1. The first kappa shape index (κ1) is 31.2. The Hall–Kier alpha value is -2.44. The molecule has 45 heavy (non-hydrogen) atoms. The van der Waals surface area contributed by atoms with Gasteiger partial charge in [-0.1, -0.05) is 53.8 Å². The number of thiophene rings is 1. The van der Waals surface area contributed by atoms with E-state index in [1.807, 2.05) is 16.3 Å². The minimum atomic E-state index is -0.763. The maximum absolute atomic E-state index is 13.4. The van der Waals surface area contributed by atoms with Crippen molar-refractivity contribution in [2.24, 2.45) is 17.8 Å². The average Bonchev–Trinajstić information content (AvgIpc) is 3.79. The van der Waals surface area contributed by atoms with Crippen LogP contribution in [0.3, 0.4) is 0 Å². The van der Waals surface area contributed by atoms with Gasteiger partial charge in [0.25, 0.3) is 5.91 Å². The van der Waals surface area contributed by atoms with E-state index in [0.29, 0.717) is 64.3 Å². The van der Waals surface area contributed by atoms with Gasteiger partial charge in [-0.2, -0.15) is 0 Å². The molecule has 3 saturated heterocycles. The largest absolute Gasteiger partial charge is 0.481 e. The van der Waals surface area contributed by atoms with E-state index in [-0.39, 0.29) is 11.8 Å². The molecule has 7 rings (SSSR count). The van der Waals surface area contributed by atoms with Crippen LogP contribution in [0.2, 0.25) is 10.0 Å². The minimum absolute atomic E-state index is 0.324. The van der Waals surface area contributed by atoms with E-state index in [2.05, 4.69) is 20.1 Å². The third-order valence-corrected chi connectivity index (χ3v) is 12.7. The molecule has 4 aliphatic rings. The van der Waals surface area contributed by atoms with E-state index in [4.69, 9.17) is 28.2 Å². The SMILES string of the molecule is O=C(Nc1nc(-c2cc(Cl)cs2)c(N2CC3CCN(C4CCCCC4)CC3C2)s1)c1cnc(N2CCC(C(=O)O)CC2)c(Cl)c1. The van der Waals surface area contributed by atoms with Crippen LogP contribution in [-0.2, 0) is 4.79 Å². The van der Waals surface area contributed by atoms with Gasteiger partial charge >= 0.3 is 5.97 Å². The fourth-order valence-corrected chi connectivity index (χ4v) is 10.0. The lowest BCUT2D eigenvalue weighted by molar-refractivity contribution is -0.142. The van der Waals surface area contributed by atoms with Crippen molar-refractivity contribution in [3.8, 4) is 10.6 Å². The number of pyridine rings is 1. The van der Waals surface area contributed by atoms with Gasteiger partial charge in [0.15, 0.2) is 5.13 Å². The highest BCUT2D eigenvalue weighted by atomic mass is 35.5. The molecular weight excluding hydrogens is 651 g/mol. The molecule has 2 N–H and O–H groups in total. The minimum Gasteiger partial charge on any atom is -0.481 e. The molecule has 3 aromatic heterocycles. The highest BCUT2D eigenvalue weighted by molar-refractivity contribution is 7.21. The fraction of sp³-hybridized carbons (Fsp3) is 0.562. The molecule has 4 fully saturated rings. The summed E-state index contributed by atoms with van der Waals surface area (Å²) < 4.78 is 0. The maximum Gasteiger partial charge on any atom is 0.306 e. The fourth-order valence-electron chi connectivity index (χ4n) is 7.61. The molecule has 0 aromatic carbocycles. The Labute approximate surface area is 281 Å². The first-order valence-corrected chi connectivity index (χ1v) is 18.5. The van der Waals surface area contributed by atoms with Crippen molar-refractivity contribution in [1.82, 2.24) is 14.9 Å². The molecule has 1 saturated carbocycles. The van der Waals surface area contributed by atoms with Crippen molar-refractivity contribution in [3.63, 3.8) is 0 Å². The van der Waals surface area contributed by atoms with Crippen LogP contribution in [0, 0.1) is 17.8 Å². The van der Waals surface area contributed by atoms with Crippen molar-refractivity contribution >= 4 is 73.7 Å². The summed E-state index contributed by atoms with van der Waals surface area (Å²) in [5.41, 5.74) is 1.21. The number of amides is 1. The molecule has 13 heteroatoms. The number of likely N-dealkylation sites (tertiary alicyclic amines) is 1. The Bertz CT molecular complexity index is 1550. The predicted molar refractivity (Wildman–Crippen MR) is 182 cm³/mol. The highest BCUT2D eigenvalue weighted by Crippen LogP contribution is 2.45. The summed E-state index contributed by atoms with van der Waals surface area (Å²) in [6, 6.07) is 4.33. The molecule has 9 nitrogen and oxygen atoms in total. The zero-order valence-corrected chi connectivity index (χ0v) is 28.2. The second-order valence-electron chi connectivity index (χ2n) is 12.9. The Kier molecular flexibility index (Phi) is 9.25. The van der Waals surface area contributed by atoms with Crippen LogP contribution < -0.4 is 15.1 Å². The number of nitrogens with zero attached hydrogens (tertiary/aromatic N) is 5. The number of fused-ring (bicyclic) bond motifs is 1. The molecule has 6 heterocycles. The number of piperidine rings is 2. The average molecular weight is 690 g/mol. The monoisotopic (exact) mass is 688 g/mol. The molecule has 1 amide bonds. The topological polar surface area (TPSA) is 102 Å². The van der Waals surface area contributed by atoms with Crippen LogP contribution in [0.4, 0.5) is 16.0 Å². The van der Waals surface area contributed by atoms with E-state index in [0.717, 1.165) is 34.7 Å². The number of rotatable bonds is 7. The number of carboxylic acids is 1. The van der Waals surface area contributed by atoms with Crippen LogP contribution in [0.5, 0.6) is 0 Å². The van der Waals surface area contributed by atoms with Crippen LogP contribution in [0.15, 0.2) is 23.7 Å². The molecule has 3 aliphatic heterocycles. The number of hydrogen-bond acceptors (Lipinski definition) is 9. The van der Waals surface area contributed by atoms with Gasteiger partial charge in [0.2, 0.25) is 0 Å². The molecular formula is C32H38Cl2N6O3S2. The maximum atomic E-state index is 13.4. The molecule has 2 atom stereocenters. The molecule has 240 valence electrons. The number of nitrogens with one attached hydrogen (secondary N) is 1. The van der Waals surface area contributed by atoms with Gasteiger partial charge < -0.3 is 19.8 Å². The molecule has 0 radical (unpaired) electrons. The van der Waals surface area contributed by atoms with Crippen LogP contribution in [0.25, 0.3) is 10.6 Å². The number of aromatic nitrogens is 2. The van der Waals surface area contributed by atoms with Crippen LogP contribution in [-0.4, -0.2) is 77.2 Å². The second kappa shape index (κ2) is 13.4. The van der Waals surface area contributed by atoms with Gasteiger partial charge in [-0.25, -0.2) is 9.97 Å². The van der Waals surface area contributed by atoms with E-state index in [9.17, 15) is 14.7 Å². The summed E-state index contributed by atoms with van der Waals surface area (Å²) in [6.45, 7) is 5.51. The normalized spacial score (nSPS) is 23.3. The van der Waals surface area contributed by atoms with Crippen molar-refractivity contribution in [2.45, 2.75) is 57.4 Å². The van der Waals surface area contributed by atoms with E-state index in [1.165, 1.54) is 69.1 Å². The lowest BCUT2D eigenvalue weighted by Gasteiger charge is -2.41. The lowest BCUT2D eigenvalue weighted by Crippen LogP contribution is -2.46.